The number of nitrogens with one attached hydrogen (secondary N) is 1. The minimum atomic E-state index is 0.523. The zero-order valence-corrected chi connectivity index (χ0v) is 9.58. The summed E-state index contributed by atoms with van der Waals surface area (Å²) in [7, 11) is 0. The van der Waals surface area contributed by atoms with Gasteiger partial charge in [-0.15, -0.1) is 11.3 Å². The van der Waals surface area contributed by atoms with Crippen LogP contribution < -0.4 is 5.32 Å². The monoisotopic (exact) mass is 197 g/mol. The van der Waals surface area contributed by atoms with Crippen LogP contribution in [-0.2, 0) is 6.42 Å². The summed E-state index contributed by atoms with van der Waals surface area (Å²) in [6.07, 6.45) is 2.36. The lowest BCUT2D eigenvalue weighted by Crippen LogP contribution is -2.19. The Morgan fingerprint density at radius 3 is 2.85 bits per heavy atom. The van der Waals surface area contributed by atoms with Crippen molar-refractivity contribution in [2.75, 3.05) is 6.54 Å². The molecule has 1 heterocycles. The van der Waals surface area contributed by atoms with Crippen molar-refractivity contribution in [2.45, 2.75) is 39.7 Å². The van der Waals surface area contributed by atoms with E-state index in [1.54, 1.807) is 0 Å². The maximum absolute atomic E-state index is 3.52. The summed E-state index contributed by atoms with van der Waals surface area (Å²) >= 11 is 1.87. The Bertz CT molecular complexity index is 242. The maximum atomic E-state index is 3.52. The van der Waals surface area contributed by atoms with Crippen LogP contribution in [-0.4, -0.2) is 6.54 Å². The molecule has 1 aromatic rings. The highest BCUT2D eigenvalue weighted by molar-refractivity contribution is 7.10. The van der Waals surface area contributed by atoms with Crippen LogP contribution in [0.4, 0.5) is 0 Å². The van der Waals surface area contributed by atoms with Crippen molar-refractivity contribution in [3.8, 4) is 0 Å². The Morgan fingerprint density at radius 2 is 2.23 bits per heavy atom. The molecule has 1 unspecified atom stereocenters. The molecule has 1 N–H and O–H groups in total. The first-order valence-corrected chi connectivity index (χ1v) is 5.97. The molecule has 0 radical (unpaired) electrons. The minimum Gasteiger partial charge on any atom is -0.309 e. The summed E-state index contributed by atoms with van der Waals surface area (Å²) in [5.74, 6) is 0. The zero-order chi connectivity index (χ0) is 9.68. The molecule has 1 atom stereocenters. The molecule has 0 aliphatic heterocycles. The predicted molar refractivity (Wildman–Crippen MR) is 60.4 cm³/mol. The molecule has 2 heteroatoms. The van der Waals surface area contributed by atoms with Gasteiger partial charge in [0.1, 0.15) is 0 Å². The number of aryl methyl sites for hydroxylation is 1. The summed E-state index contributed by atoms with van der Waals surface area (Å²) in [4.78, 5) is 1.51. The molecule has 0 bridgehead atoms. The number of hydrogen-bond acceptors (Lipinski definition) is 2. The van der Waals surface area contributed by atoms with E-state index >= 15 is 0 Å². The third kappa shape index (κ3) is 2.82. The van der Waals surface area contributed by atoms with Gasteiger partial charge in [-0.3, -0.25) is 0 Å². The van der Waals surface area contributed by atoms with Gasteiger partial charge in [0.2, 0.25) is 0 Å². The second-order valence-electron chi connectivity index (χ2n) is 3.34. The molecule has 74 valence electrons. The lowest BCUT2D eigenvalue weighted by Gasteiger charge is -2.13. The van der Waals surface area contributed by atoms with Gasteiger partial charge in [-0.05, 0) is 43.3 Å². The quantitative estimate of drug-likeness (QED) is 0.763. The second kappa shape index (κ2) is 5.40. The number of hydrogen-bond donors (Lipinski definition) is 1. The summed E-state index contributed by atoms with van der Waals surface area (Å²) in [6.45, 7) is 7.79. The summed E-state index contributed by atoms with van der Waals surface area (Å²) in [6, 6.07) is 2.76. The third-order valence-electron chi connectivity index (χ3n) is 2.26. The molecule has 1 aromatic heterocycles. The van der Waals surface area contributed by atoms with Gasteiger partial charge in [-0.2, -0.15) is 0 Å². The molecule has 13 heavy (non-hydrogen) atoms. The number of thiophene rings is 1. The molecule has 0 saturated heterocycles. The molecule has 0 saturated carbocycles. The Kier molecular flexibility index (Phi) is 4.46. The van der Waals surface area contributed by atoms with Gasteiger partial charge in [0, 0.05) is 10.9 Å². The van der Waals surface area contributed by atoms with Crippen molar-refractivity contribution >= 4 is 11.3 Å². The molecule has 0 amide bonds. The SMILES string of the molecule is CCCNC(C)c1sccc1CC. The lowest BCUT2D eigenvalue weighted by molar-refractivity contribution is 0.575. The van der Waals surface area contributed by atoms with Crippen LogP contribution in [0, 0.1) is 0 Å². The Hall–Kier alpha value is -0.340. The van der Waals surface area contributed by atoms with Gasteiger partial charge in [-0.1, -0.05) is 13.8 Å². The van der Waals surface area contributed by atoms with Gasteiger partial charge in [-0.25, -0.2) is 0 Å². The molecule has 0 fully saturated rings. The van der Waals surface area contributed by atoms with Crippen molar-refractivity contribution in [3.63, 3.8) is 0 Å². The average molecular weight is 197 g/mol. The summed E-state index contributed by atoms with van der Waals surface area (Å²) in [5.41, 5.74) is 1.50. The molecular weight excluding hydrogens is 178 g/mol. The highest BCUT2D eigenvalue weighted by Crippen LogP contribution is 2.24. The standard InChI is InChI=1S/C11H19NS/c1-4-7-12-9(3)11-10(5-2)6-8-13-11/h6,8-9,12H,4-5,7H2,1-3H3. The number of rotatable bonds is 5. The van der Waals surface area contributed by atoms with Crippen LogP contribution in [0.15, 0.2) is 11.4 Å². The minimum absolute atomic E-state index is 0.523. The van der Waals surface area contributed by atoms with Crippen molar-refractivity contribution < 1.29 is 0 Å². The zero-order valence-electron chi connectivity index (χ0n) is 8.76. The maximum Gasteiger partial charge on any atom is 0.0388 e. The molecular formula is C11H19NS. The Labute approximate surface area is 85.2 Å². The van der Waals surface area contributed by atoms with Crippen LogP contribution in [0.1, 0.15) is 43.7 Å². The topological polar surface area (TPSA) is 12.0 Å². The predicted octanol–water partition coefficient (Wildman–Crippen LogP) is 3.37. The third-order valence-corrected chi connectivity index (χ3v) is 3.40. The van der Waals surface area contributed by atoms with E-state index < -0.39 is 0 Å². The van der Waals surface area contributed by atoms with E-state index in [1.807, 2.05) is 11.3 Å². The first-order chi connectivity index (χ1) is 6.29. The van der Waals surface area contributed by atoms with E-state index in [0.29, 0.717) is 6.04 Å². The van der Waals surface area contributed by atoms with Gasteiger partial charge in [0.25, 0.3) is 0 Å². The van der Waals surface area contributed by atoms with E-state index in [2.05, 4.69) is 37.5 Å². The lowest BCUT2D eigenvalue weighted by atomic mass is 10.1. The Balaban J connectivity index is 2.59. The second-order valence-corrected chi connectivity index (χ2v) is 4.29. The largest absolute Gasteiger partial charge is 0.309 e. The van der Waals surface area contributed by atoms with Crippen molar-refractivity contribution in [2.24, 2.45) is 0 Å². The van der Waals surface area contributed by atoms with Gasteiger partial charge >= 0.3 is 0 Å². The van der Waals surface area contributed by atoms with Gasteiger partial charge in [0.15, 0.2) is 0 Å². The van der Waals surface area contributed by atoms with Crippen LogP contribution in [0.2, 0.25) is 0 Å². The molecule has 0 aliphatic rings. The van der Waals surface area contributed by atoms with Crippen LogP contribution in [0.25, 0.3) is 0 Å². The fourth-order valence-electron chi connectivity index (χ4n) is 1.47. The van der Waals surface area contributed by atoms with Crippen LogP contribution in [0.5, 0.6) is 0 Å². The van der Waals surface area contributed by atoms with Crippen molar-refractivity contribution in [1.82, 2.24) is 5.32 Å². The smallest absolute Gasteiger partial charge is 0.0388 e. The fourth-order valence-corrected chi connectivity index (χ4v) is 2.50. The van der Waals surface area contributed by atoms with Gasteiger partial charge < -0.3 is 5.32 Å². The first-order valence-electron chi connectivity index (χ1n) is 5.09. The normalized spacial score (nSPS) is 13.2. The average Bonchev–Trinajstić information content (AvgIpc) is 2.61. The highest BCUT2D eigenvalue weighted by atomic mass is 32.1. The van der Waals surface area contributed by atoms with E-state index in [4.69, 9.17) is 0 Å². The van der Waals surface area contributed by atoms with Crippen LogP contribution >= 0.6 is 11.3 Å². The van der Waals surface area contributed by atoms with E-state index in [9.17, 15) is 0 Å². The first kappa shape index (κ1) is 10.7. The molecule has 0 spiro atoms. The Morgan fingerprint density at radius 1 is 1.46 bits per heavy atom. The van der Waals surface area contributed by atoms with Crippen LogP contribution in [0.3, 0.4) is 0 Å². The summed E-state index contributed by atoms with van der Waals surface area (Å²) < 4.78 is 0. The van der Waals surface area contributed by atoms with Crippen molar-refractivity contribution in [3.05, 3.63) is 21.9 Å². The summed E-state index contributed by atoms with van der Waals surface area (Å²) in [5, 5.41) is 5.71. The van der Waals surface area contributed by atoms with E-state index in [0.717, 1.165) is 13.0 Å². The molecule has 0 aromatic carbocycles. The van der Waals surface area contributed by atoms with E-state index in [1.165, 1.54) is 16.9 Å². The van der Waals surface area contributed by atoms with Crippen molar-refractivity contribution in [1.29, 1.82) is 0 Å². The fraction of sp³-hybridized carbons (Fsp3) is 0.636. The molecule has 1 nitrogen and oxygen atoms in total. The van der Waals surface area contributed by atoms with E-state index in [-0.39, 0.29) is 0 Å². The highest BCUT2D eigenvalue weighted by Gasteiger charge is 2.09. The molecule has 0 aliphatic carbocycles. The van der Waals surface area contributed by atoms with Gasteiger partial charge in [0.05, 0.1) is 0 Å². The molecule has 1 rings (SSSR count).